The summed E-state index contributed by atoms with van der Waals surface area (Å²) < 4.78 is 2.35. The van der Waals surface area contributed by atoms with Gasteiger partial charge in [-0.25, -0.2) is 9.97 Å². The van der Waals surface area contributed by atoms with E-state index < -0.39 is 0 Å². The number of aromatic nitrogens is 3. The first-order valence-electron chi connectivity index (χ1n) is 13.7. The lowest BCUT2D eigenvalue weighted by molar-refractivity contribution is 1.08. The van der Waals surface area contributed by atoms with Gasteiger partial charge in [-0.3, -0.25) is 4.57 Å². The minimum absolute atomic E-state index is 0.857. The van der Waals surface area contributed by atoms with E-state index in [1.165, 1.54) is 49.3 Å². The van der Waals surface area contributed by atoms with Crippen molar-refractivity contribution in [1.82, 2.24) is 14.5 Å². The fraction of sp³-hybridized carbons (Fsp3) is 0.0270. The maximum Gasteiger partial charge on any atom is 0.165 e. The molecule has 6 aromatic carbocycles. The minimum Gasteiger partial charge on any atom is -0.292 e. The molecule has 186 valence electrons. The van der Waals surface area contributed by atoms with E-state index in [0.29, 0.717) is 0 Å². The predicted octanol–water partition coefficient (Wildman–Crippen LogP) is 9.12. The quantitative estimate of drug-likeness (QED) is 0.233. The number of benzene rings is 6. The average Bonchev–Trinajstić information content (AvgIpc) is 3.52. The highest BCUT2D eigenvalue weighted by Gasteiger charge is 2.24. The molecule has 9 rings (SSSR count). The zero-order valence-corrected chi connectivity index (χ0v) is 21.7. The van der Waals surface area contributed by atoms with Gasteiger partial charge in [0.25, 0.3) is 0 Å². The topological polar surface area (TPSA) is 30.7 Å². The van der Waals surface area contributed by atoms with Crippen LogP contribution in [0.4, 0.5) is 0 Å². The summed E-state index contributed by atoms with van der Waals surface area (Å²) >= 11 is 0. The first-order chi connectivity index (χ1) is 19.8. The van der Waals surface area contributed by atoms with Crippen molar-refractivity contribution in [3.8, 4) is 28.2 Å². The van der Waals surface area contributed by atoms with Gasteiger partial charge in [0.15, 0.2) is 5.82 Å². The van der Waals surface area contributed by atoms with Gasteiger partial charge >= 0.3 is 0 Å². The van der Waals surface area contributed by atoms with Gasteiger partial charge in [0.1, 0.15) is 5.69 Å². The van der Waals surface area contributed by atoms with Crippen LogP contribution in [0.15, 0.2) is 127 Å². The Kier molecular flexibility index (Phi) is 4.39. The van der Waals surface area contributed by atoms with Gasteiger partial charge in [0.2, 0.25) is 0 Å². The molecular weight excluding hydrogens is 486 g/mol. The van der Waals surface area contributed by atoms with Crippen molar-refractivity contribution in [2.45, 2.75) is 6.42 Å². The molecule has 0 atom stereocenters. The summed E-state index contributed by atoms with van der Waals surface area (Å²) in [6.45, 7) is 0. The number of hydrogen-bond acceptors (Lipinski definition) is 2. The zero-order chi connectivity index (χ0) is 26.2. The molecule has 0 fully saturated rings. The lowest BCUT2D eigenvalue weighted by Gasteiger charge is -2.14. The molecule has 8 aromatic rings. The van der Waals surface area contributed by atoms with Crippen molar-refractivity contribution >= 4 is 43.6 Å². The number of fused-ring (bicyclic) bond motifs is 8. The fourth-order valence-corrected chi connectivity index (χ4v) is 6.49. The lowest BCUT2D eigenvalue weighted by Crippen LogP contribution is -2.04. The summed E-state index contributed by atoms with van der Waals surface area (Å²) in [4.78, 5) is 10.5. The molecule has 2 heterocycles. The van der Waals surface area contributed by atoms with Gasteiger partial charge in [-0.15, -0.1) is 0 Å². The molecular formula is C37H23N3. The Labute approximate surface area is 231 Å². The first kappa shape index (κ1) is 21.6. The van der Waals surface area contributed by atoms with Crippen LogP contribution in [0.25, 0.3) is 71.8 Å². The second kappa shape index (κ2) is 8.11. The average molecular weight is 510 g/mol. The van der Waals surface area contributed by atoms with E-state index in [4.69, 9.17) is 9.97 Å². The predicted molar refractivity (Wildman–Crippen MR) is 165 cm³/mol. The molecule has 1 aliphatic rings. The molecule has 0 bridgehead atoms. The second-order valence-corrected chi connectivity index (χ2v) is 10.7. The first-order valence-corrected chi connectivity index (χ1v) is 13.7. The number of para-hydroxylation sites is 2. The largest absolute Gasteiger partial charge is 0.292 e. The molecule has 2 aromatic heterocycles. The third-order valence-corrected chi connectivity index (χ3v) is 8.36. The summed E-state index contributed by atoms with van der Waals surface area (Å²) in [5, 5.41) is 4.93. The molecule has 1 aliphatic carbocycles. The van der Waals surface area contributed by atoms with Crippen LogP contribution < -0.4 is 0 Å². The van der Waals surface area contributed by atoms with Gasteiger partial charge in [-0.1, -0.05) is 91.0 Å². The SMILES string of the molecule is c1ccc(-c2nc3ccccc3nc2-n2c3cc4c(cc3c3cc5ccccc5cc32)-c2ccccc2C4)cc1. The molecule has 0 amide bonds. The van der Waals surface area contributed by atoms with Gasteiger partial charge in [0.05, 0.1) is 22.1 Å². The van der Waals surface area contributed by atoms with Crippen LogP contribution >= 0.6 is 0 Å². The van der Waals surface area contributed by atoms with E-state index in [2.05, 4.69) is 108 Å². The molecule has 3 heteroatoms. The van der Waals surface area contributed by atoms with E-state index >= 15 is 0 Å². The van der Waals surface area contributed by atoms with Gasteiger partial charge in [-0.2, -0.15) is 0 Å². The Hall–Kier alpha value is -5.28. The normalized spacial score (nSPS) is 12.4. The van der Waals surface area contributed by atoms with Crippen LogP contribution in [0.2, 0.25) is 0 Å². The molecule has 3 nitrogen and oxygen atoms in total. The van der Waals surface area contributed by atoms with Crippen LogP contribution in [0.5, 0.6) is 0 Å². The van der Waals surface area contributed by atoms with Crippen molar-refractivity contribution in [3.63, 3.8) is 0 Å². The number of rotatable bonds is 2. The van der Waals surface area contributed by atoms with Crippen LogP contribution in [-0.2, 0) is 6.42 Å². The van der Waals surface area contributed by atoms with E-state index in [0.717, 1.165) is 40.0 Å². The molecule has 0 radical (unpaired) electrons. The highest BCUT2D eigenvalue weighted by atomic mass is 15.1. The maximum atomic E-state index is 5.31. The van der Waals surface area contributed by atoms with Crippen LogP contribution in [0, 0.1) is 0 Å². The smallest absolute Gasteiger partial charge is 0.165 e. The fourth-order valence-electron chi connectivity index (χ4n) is 6.49. The Morgan fingerprint density at radius 1 is 0.500 bits per heavy atom. The lowest BCUT2D eigenvalue weighted by atomic mass is 10.0. The van der Waals surface area contributed by atoms with Gasteiger partial charge < -0.3 is 0 Å². The van der Waals surface area contributed by atoms with Crippen molar-refractivity contribution in [3.05, 3.63) is 139 Å². The summed E-state index contributed by atoms with van der Waals surface area (Å²) in [5.74, 6) is 0.857. The summed E-state index contributed by atoms with van der Waals surface area (Å²) in [6, 6.07) is 45.4. The second-order valence-electron chi connectivity index (χ2n) is 10.7. The van der Waals surface area contributed by atoms with Crippen molar-refractivity contribution in [2.75, 3.05) is 0 Å². The third kappa shape index (κ3) is 3.06. The monoisotopic (exact) mass is 509 g/mol. The Bertz CT molecular complexity index is 2290. The summed E-state index contributed by atoms with van der Waals surface area (Å²) in [6.07, 6.45) is 0.944. The highest BCUT2D eigenvalue weighted by Crippen LogP contribution is 2.43. The molecule has 40 heavy (non-hydrogen) atoms. The Morgan fingerprint density at radius 2 is 1.15 bits per heavy atom. The molecule has 0 saturated heterocycles. The number of nitrogens with zero attached hydrogens (tertiary/aromatic N) is 3. The van der Waals surface area contributed by atoms with Crippen molar-refractivity contribution in [1.29, 1.82) is 0 Å². The van der Waals surface area contributed by atoms with Gasteiger partial charge in [-0.05, 0) is 75.8 Å². The van der Waals surface area contributed by atoms with E-state index in [-0.39, 0.29) is 0 Å². The van der Waals surface area contributed by atoms with Crippen LogP contribution in [0.1, 0.15) is 11.1 Å². The van der Waals surface area contributed by atoms with Gasteiger partial charge in [0, 0.05) is 16.3 Å². The molecule has 0 unspecified atom stereocenters. The van der Waals surface area contributed by atoms with Crippen LogP contribution in [-0.4, -0.2) is 14.5 Å². The summed E-state index contributed by atoms with van der Waals surface area (Å²) in [5.41, 5.74) is 11.5. The summed E-state index contributed by atoms with van der Waals surface area (Å²) in [7, 11) is 0. The number of hydrogen-bond donors (Lipinski definition) is 0. The Morgan fingerprint density at radius 3 is 2.00 bits per heavy atom. The van der Waals surface area contributed by atoms with E-state index in [1.807, 2.05) is 24.3 Å². The van der Waals surface area contributed by atoms with E-state index in [1.54, 1.807) is 0 Å². The molecule has 0 aliphatic heterocycles. The third-order valence-electron chi connectivity index (χ3n) is 8.36. The standard InChI is InChI=1S/C37H23N3/c1-2-10-23(11-3-1)36-37(39-33-17-9-8-16-32(33)38-36)40-34-20-25-13-5-4-12-24(25)19-30(34)31-22-29-27(21-35(31)40)18-26-14-6-7-15-28(26)29/h1-17,19-22H,18H2. The molecule has 0 spiro atoms. The molecule has 0 N–H and O–H groups in total. The Balaban J connectivity index is 1.46. The zero-order valence-electron chi connectivity index (χ0n) is 21.7. The van der Waals surface area contributed by atoms with Crippen LogP contribution in [0.3, 0.4) is 0 Å². The van der Waals surface area contributed by atoms with Crippen molar-refractivity contribution < 1.29 is 0 Å². The minimum atomic E-state index is 0.857. The molecule has 0 saturated carbocycles. The highest BCUT2D eigenvalue weighted by molar-refractivity contribution is 6.15. The van der Waals surface area contributed by atoms with Crippen molar-refractivity contribution in [2.24, 2.45) is 0 Å². The maximum absolute atomic E-state index is 5.31. The van der Waals surface area contributed by atoms with E-state index in [9.17, 15) is 0 Å².